The Morgan fingerprint density at radius 1 is 1.11 bits per heavy atom. The molecule has 9 heteroatoms. The Labute approximate surface area is 217 Å². The fraction of sp³-hybridized carbons (Fsp3) is 0.179. The summed E-state index contributed by atoms with van der Waals surface area (Å²) in [6.07, 6.45) is 0.542. The zero-order valence-electron chi connectivity index (χ0n) is 20.1. The Morgan fingerprint density at radius 3 is 2.73 bits per heavy atom. The predicted octanol–water partition coefficient (Wildman–Crippen LogP) is 5.12. The maximum atomic E-state index is 14.3. The molecule has 3 N–H and O–H groups in total. The van der Waals surface area contributed by atoms with E-state index < -0.39 is 5.82 Å². The average molecular weight is 517 g/mol. The third-order valence-corrected chi connectivity index (χ3v) is 7.38. The molecule has 0 saturated heterocycles. The molecule has 2 amide bonds. The summed E-state index contributed by atoms with van der Waals surface area (Å²) in [4.78, 5) is 34.1. The van der Waals surface area contributed by atoms with Crippen molar-refractivity contribution in [2.45, 2.75) is 13.3 Å². The van der Waals surface area contributed by atoms with Crippen molar-refractivity contribution in [2.24, 2.45) is 0 Å². The van der Waals surface area contributed by atoms with Gasteiger partial charge in [0.15, 0.2) is 0 Å². The van der Waals surface area contributed by atoms with E-state index >= 15 is 0 Å². The molecule has 0 radical (unpaired) electrons. The van der Waals surface area contributed by atoms with Gasteiger partial charge in [0.2, 0.25) is 0 Å². The number of rotatable bonds is 6. The molecular formula is C28H25FN4O3S. The number of fused-ring (bicyclic) bond motifs is 3. The quantitative estimate of drug-likeness (QED) is 0.331. The molecule has 0 aliphatic carbocycles. The van der Waals surface area contributed by atoms with E-state index in [2.05, 4.69) is 15.6 Å². The minimum absolute atomic E-state index is 0.0400. The number of para-hydroxylation sites is 2. The third kappa shape index (κ3) is 4.96. The van der Waals surface area contributed by atoms with Crippen LogP contribution in [0, 0.1) is 12.7 Å². The molecule has 3 heterocycles. The lowest BCUT2D eigenvalue weighted by atomic mass is 10.1. The van der Waals surface area contributed by atoms with Crippen molar-refractivity contribution in [2.75, 3.05) is 35.2 Å². The number of pyridine rings is 1. The van der Waals surface area contributed by atoms with Crippen LogP contribution < -0.4 is 15.5 Å². The molecule has 37 heavy (non-hydrogen) atoms. The first-order valence-electron chi connectivity index (χ1n) is 11.9. The van der Waals surface area contributed by atoms with Crippen LogP contribution in [0.2, 0.25) is 0 Å². The Bertz CT molecular complexity index is 1470. The van der Waals surface area contributed by atoms with E-state index in [9.17, 15) is 14.0 Å². The fourth-order valence-corrected chi connectivity index (χ4v) is 5.50. The van der Waals surface area contributed by atoms with Crippen LogP contribution in [0.15, 0.2) is 66.7 Å². The van der Waals surface area contributed by atoms with Crippen LogP contribution in [-0.4, -0.2) is 41.6 Å². The van der Waals surface area contributed by atoms with Gasteiger partial charge in [0.1, 0.15) is 17.3 Å². The number of carbonyl (C=O) groups is 2. The van der Waals surface area contributed by atoms with Crippen LogP contribution in [0.5, 0.6) is 0 Å². The molecule has 188 valence electrons. The number of benzene rings is 2. The standard InChI is InChI=1S/C28H25FN4O3S/c1-17-6-4-8-20(29)25(17)32-27(35)23-16-18-12-14-33(22-10-3-2-7-19(22)26(18)37-23)28(36)21-9-5-11-24(31-21)30-13-15-34/h2-11,16,34H,12-15H2,1H3,(H,30,31)(H,32,35). The maximum Gasteiger partial charge on any atom is 0.276 e. The first-order chi connectivity index (χ1) is 18.0. The minimum Gasteiger partial charge on any atom is -0.395 e. The van der Waals surface area contributed by atoms with Crippen molar-refractivity contribution in [1.29, 1.82) is 0 Å². The zero-order chi connectivity index (χ0) is 25.9. The van der Waals surface area contributed by atoms with Gasteiger partial charge in [0, 0.05) is 23.5 Å². The van der Waals surface area contributed by atoms with E-state index in [-0.39, 0.29) is 24.1 Å². The van der Waals surface area contributed by atoms with Crippen LogP contribution in [0.4, 0.5) is 21.6 Å². The SMILES string of the molecule is Cc1cccc(F)c1NC(=O)c1cc2c(s1)-c1ccccc1N(C(=O)c1cccc(NCCO)n1)CC2. The number of amides is 2. The Balaban J connectivity index is 1.45. The van der Waals surface area contributed by atoms with Crippen molar-refractivity contribution in [3.8, 4) is 10.4 Å². The average Bonchev–Trinajstić information content (AvgIpc) is 3.28. The highest BCUT2D eigenvalue weighted by Crippen LogP contribution is 2.42. The second-order valence-electron chi connectivity index (χ2n) is 8.63. The van der Waals surface area contributed by atoms with E-state index in [1.54, 1.807) is 42.2 Å². The fourth-order valence-electron chi connectivity index (χ4n) is 4.36. The van der Waals surface area contributed by atoms with E-state index in [1.807, 2.05) is 30.3 Å². The van der Waals surface area contributed by atoms with Gasteiger partial charge >= 0.3 is 0 Å². The summed E-state index contributed by atoms with van der Waals surface area (Å²) in [6, 6.07) is 19.3. The van der Waals surface area contributed by atoms with Crippen molar-refractivity contribution >= 4 is 40.3 Å². The molecule has 0 bridgehead atoms. The highest BCUT2D eigenvalue weighted by Gasteiger charge is 2.28. The van der Waals surface area contributed by atoms with Gasteiger partial charge in [0.25, 0.3) is 11.8 Å². The Kier molecular flexibility index (Phi) is 6.98. The zero-order valence-corrected chi connectivity index (χ0v) is 20.9. The first kappa shape index (κ1) is 24.6. The number of carbonyl (C=O) groups excluding carboxylic acids is 2. The highest BCUT2D eigenvalue weighted by atomic mass is 32.1. The molecule has 0 fully saturated rings. The van der Waals surface area contributed by atoms with Gasteiger partial charge in [-0.05, 0) is 54.8 Å². The molecule has 0 spiro atoms. The number of aliphatic hydroxyl groups is 1. The number of halogens is 1. The number of aryl methyl sites for hydroxylation is 1. The summed E-state index contributed by atoms with van der Waals surface area (Å²) in [7, 11) is 0. The van der Waals surface area contributed by atoms with Gasteiger partial charge in [-0.3, -0.25) is 9.59 Å². The van der Waals surface area contributed by atoms with E-state index in [1.165, 1.54) is 17.4 Å². The summed E-state index contributed by atoms with van der Waals surface area (Å²) in [5.74, 6) is -0.561. The monoisotopic (exact) mass is 516 g/mol. The van der Waals surface area contributed by atoms with Crippen LogP contribution in [0.3, 0.4) is 0 Å². The van der Waals surface area contributed by atoms with Crippen molar-refractivity contribution in [3.05, 3.63) is 94.2 Å². The van der Waals surface area contributed by atoms with Crippen LogP contribution in [0.1, 0.15) is 31.3 Å². The number of anilines is 3. The van der Waals surface area contributed by atoms with Crippen molar-refractivity contribution in [3.63, 3.8) is 0 Å². The second kappa shape index (κ2) is 10.5. The summed E-state index contributed by atoms with van der Waals surface area (Å²) in [5, 5.41) is 14.8. The number of aliphatic hydroxyl groups excluding tert-OH is 1. The van der Waals surface area contributed by atoms with Gasteiger partial charge in [-0.1, -0.05) is 36.4 Å². The maximum absolute atomic E-state index is 14.3. The number of hydrogen-bond donors (Lipinski definition) is 3. The number of thiophene rings is 1. The van der Waals surface area contributed by atoms with E-state index in [4.69, 9.17) is 5.11 Å². The summed E-state index contributed by atoms with van der Waals surface area (Å²) >= 11 is 1.33. The molecule has 0 atom stereocenters. The predicted molar refractivity (Wildman–Crippen MR) is 144 cm³/mol. The lowest BCUT2D eigenvalue weighted by molar-refractivity contribution is 0.0981. The number of aromatic nitrogens is 1. The molecule has 7 nitrogen and oxygen atoms in total. The molecule has 1 aliphatic heterocycles. The van der Waals surface area contributed by atoms with Crippen LogP contribution in [0.25, 0.3) is 10.4 Å². The minimum atomic E-state index is -0.477. The van der Waals surface area contributed by atoms with Gasteiger partial charge in [-0.25, -0.2) is 9.37 Å². The Hall–Kier alpha value is -4.08. The topological polar surface area (TPSA) is 94.6 Å². The molecular weight excluding hydrogens is 491 g/mol. The Morgan fingerprint density at radius 2 is 1.92 bits per heavy atom. The molecule has 0 unspecified atom stereocenters. The largest absolute Gasteiger partial charge is 0.395 e. The second-order valence-corrected chi connectivity index (χ2v) is 9.69. The molecule has 5 rings (SSSR count). The lowest BCUT2D eigenvalue weighted by Crippen LogP contribution is -2.33. The third-order valence-electron chi connectivity index (χ3n) is 6.17. The smallest absolute Gasteiger partial charge is 0.276 e. The van der Waals surface area contributed by atoms with Crippen molar-refractivity contribution < 1.29 is 19.1 Å². The normalized spacial score (nSPS) is 12.4. The van der Waals surface area contributed by atoms with Crippen LogP contribution >= 0.6 is 11.3 Å². The molecule has 4 aromatic rings. The van der Waals surface area contributed by atoms with Gasteiger partial charge < -0.3 is 20.6 Å². The molecule has 1 aliphatic rings. The number of nitrogens with one attached hydrogen (secondary N) is 2. The summed E-state index contributed by atoms with van der Waals surface area (Å²) in [5.41, 5.74) is 3.66. The number of hydrogen-bond acceptors (Lipinski definition) is 6. The molecule has 2 aromatic heterocycles. The molecule has 0 saturated carbocycles. The van der Waals surface area contributed by atoms with Crippen LogP contribution in [-0.2, 0) is 6.42 Å². The van der Waals surface area contributed by atoms with E-state index in [0.29, 0.717) is 41.5 Å². The summed E-state index contributed by atoms with van der Waals surface area (Å²) < 4.78 is 14.3. The highest BCUT2D eigenvalue weighted by molar-refractivity contribution is 7.17. The lowest BCUT2D eigenvalue weighted by Gasteiger charge is -2.23. The van der Waals surface area contributed by atoms with Gasteiger partial charge in [0.05, 0.1) is 22.9 Å². The summed E-state index contributed by atoms with van der Waals surface area (Å²) in [6.45, 7) is 2.45. The van der Waals surface area contributed by atoms with Gasteiger partial charge in [-0.15, -0.1) is 11.3 Å². The molecule has 2 aromatic carbocycles. The first-order valence-corrected chi connectivity index (χ1v) is 12.7. The van der Waals surface area contributed by atoms with E-state index in [0.717, 1.165) is 21.7 Å². The van der Waals surface area contributed by atoms with Gasteiger partial charge in [-0.2, -0.15) is 0 Å². The number of nitrogens with zero attached hydrogens (tertiary/aromatic N) is 2. The van der Waals surface area contributed by atoms with Crippen molar-refractivity contribution in [1.82, 2.24) is 4.98 Å².